The van der Waals surface area contributed by atoms with Crippen molar-refractivity contribution in [3.63, 3.8) is 0 Å². The van der Waals surface area contributed by atoms with Gasteiger partial charge in [-0.25, -0.2) is 4.98 Å². The molecule has 0 amide bonds. The molecule has 74 valence electrons. The van der Waals surface area contributed by atoms with Gasteiger partial charge in [0.2, 0.25) is 0 Å². The Balaban J connectivity index is 3.01. The SMILES string of the molecule is CC(C)(I)c1cnc(C(C)(C)I)s1. The molecule has 0 fully saturated rings. The van der Waals surface area contributed by atoms with Crippen molar-refractivity contribution in [2.75, 3.05) is 0 Å². The van der Waals surface area contributed by atoms with Gasteiger partial charge in [0.25, 0.3) is 0 Å². The van der Waals surface area contributed by atoms with E-state index in [1.54, 1.807) is 0 Å². The van der Waals surface area contributed by atoms with E-state index in [0.29, 0.717) is 0 Å². The van der Waals surface area contributed by atoms with Gasteiger partial charge in [-0.1, -0.05) is 45.2 Å². The first-order chi connectivity index (χ1) is 5.71. The van der Waals surface area contributed by atoms with Crippen molar-refractivity contribution in [2.45, 2.75) is 34.5 Å². The lowest BCUT2D eigenvalue weighted by atomic mass is 10.2. The van der Waals surface area contributed by atoms with Crippen LogP contribution in [0.15, 0.2) is 6.20 Å². The molecule has 0 spiro atoms. The van der Waals surface area contributed by atoms with Crippen molar-refractivity contribution in [1.29, 1.82) is 0 Å². The third-order valence-corrected chi connectivity index (χ3v) is 5.07. The average Bonchev–Trinajstić information content (AvgIpc) is 2.28. The normalized spacial score (nSPS) is 13.4. The summed E-state index contributed by atoms with van der Waals surface area (Å²) in [4.78, 5) is 5.81. The first-order valence-electron chi connectivity index (χ1n) is 4.06. The summed E-state index contributed by atoms with van der Waals surface area (Å²) in [7, 11) is 0. The fourth-order valence-electron chi connectivity index (χ4n) is 0.824. The van der Waals surface area contributed by atoms with E-state index in [-0.39, 0.29) is 6.84 Å². The molecule has 0 radical (unpaired) electrons. The maximum Gasteiger partial charge on any atom is 0.108 e. The van der Waals surface area contributed by atoms with Crippen LogP contribution in [0.25, 0.3) is 0 Å². The van der Waals surface area contributed by atoms with Crippen molar-refractivity contribution >= 4 is 56.5 Å². The maximum atomic E-state index is 4.46. The van der Waals surface area contributed by atoms with E-state index in [1.165, 1.54) is 9.88 Å². The number of thiazole rings is 1. The van der Waals surface area contributed by atoms with Gasteiger partial charge in [0.1, 0.15) is 5.01 Å². The van der Waals surface area contributed by atoms with Crippen molar-refractivity contribution in [3.05, 3.63) is 16.1 Å². The predicted octanol–water partition coefficient (Wildman–Crippen LogP) is 4.48. The summed E-state index contributed by atoms with van der Waals surface area (Å²) < 4.78 is 0.359. The number of halogens is 2. The van der Waals surface area contributed by atoms with Gasteiger partial charge >= 0.3 is 0 Å². The molecule has 1 aromatic rings. The highest BCUT2D eigenvalue weighted by atomic mass is 127. The lowest BCUT2D eigenvalue weighted by Crippen LogP contribution is -2.05. The monoisotopic (exact) mass is 421 g/mol. The van der Waals surface area contributed by atoms with E-state index in [2.05, 4.69) is 77.9 Å². The summed E-state index contributed by atoms with van der Waals surface area (Å²) in [6, 6.07) is 0. The second-order valence-corrected chi connectivity index (χ2v) is 10.4. The molecule has 1 aromatic heterocycles. The summed E-state index contributed by atoms with van der Waals surface area (Å²) in [5.74, 6) is 0. The number of alkyl halides is 2. The molecular formula is C9H13I2NS. The molecule has 0 aliphatic heterocycles. The molecule has 0 aromatic carbocycles. The number of hydrogen-bond donors (Lipinski definition) is 0. The molecule has 0 saturated heterocycles. The first-order valence-corrected chi connectivity index (χ1v) is 7.03. The van der Waals surface area contributed by atoms with E-state index in [1.807, 2.05) is 17.5 Å². The Kier molecular flexibility index (Phi) is 3.67. The van der Waals surface area contributed by atoms with Crippen LogP contribution in [0.5, 0.6) is 0 Å². The molecule has 1 rings (SSSR count). The van der Waals surface area contributed by atoms with Gasteiger partial charge in [-0.3, -0.25) is 0 Å². The minimum atomic E-state index is 0.155. The van der Waals surface area contributed by atoms with Crippen LogP contribution in [0.3, 0.4) is 0 Å². The summed E-state index contributed by atoms with van der Waals surface area (Å²) in [6.45, 7) is 8.81. The molecule has 1 heterocycles. The van der Waals surface area contributed by atoms with Crippen LogP contribution in [0.1, 0.15) is 37.6 Å². The highest BCUT2D eigenvalue weighted by Crippen LogP contribution is 2.39. The third kappa shape index (κ3) is 3.30. The van der Waals surface area contributed by atoms with Crippen LogP contribution in [0.2, 0.25) is 0 Å². The Morgan fingerprint density at radius 2 is 1.69 bits per heavy atom. The fraction of sp³-hybridized carbons (Fsp3) is 0.667. The van der Waals surface area contributed by atoms with Gasteiger partial charge in [-0.2, -0.15) is 0 Å². The predicted molar refractivity (Wildman–Crippen MR) is 76.2 cm³/mol. The smallest absolute Gasteiger partial charge is 0.108 e. The molecule has 0 saturated carbocycles. The van der Waals surface area contributed by atoms with Crippen molar-refractivity contribution in [3.8, 4) is 0 Å². The average molecular weight is 421 g/mol. The second kappa shape index (κ2) is 3.92. The summed E-state index contributed by atoms with van der Waals surface area (Å²) >= 11 is 6.70. The van der Waals surface area contributed by atoms with Crippen molar-refractivity contribution < 1.29 is 0 Å². The molecule has 0 aliphatic carbocycles. The first kappa shape index (κ1) is 12.2. The molecule has 0 atom stereocenters. The molecule has 0 N–H and O–H groups in total. The van der Waals surface area contributed by atoms with E-state index in [9.17, 15) is 0 Å². The number of rotatable bonds is 2. The van der Waals surface area contributed by atoms with Crippen LogP contribution < -0.4 is 0 Å². The van der Waals surface area contributed by atoms with E-state index < -0.39 is 0 Å². The van der Waals surface area contributed by atoms with E-state index in [0.717, 1.165) is 0 Å². The number of aromatic nitrogens is 1. The summed E-state index contributed by atoms with van der Waals surface area (Å²) in [5.41, 5.74) is 0. The molecule has 1 nitrogen and oxygen atoms in total. The Hall–Kier alpha value is 1.09. The highest BCUT2D eigenvalue weighted by Gasteiger charge is 2.24. The van der Waals surface area contributed by atoms with Crippen LogP contribution >= 0.6 is 56.5 Å². The van der Waals surface area contributed by atoms with Crippen molar-refractivity contribution in [2.24, 2.45) is 0 Å². The summed E-state index contributed by atoms with van der Waals surface area (Å²) in [5, 5.41) is 1.22. The second-order valence-electron chi connectivity index (χ2n) is 3.97. The van der Waals surface area contributed by atoms with Crippen molar-refractivity contribution in [1.82, 2.24) is 4.98 Å². The quantitative estimate of drug-likeness (QED) is 0.507. The van der Waals surface area contributed by atoms with Gasteiger partial charge < -0.3 is 0 Å². The zero-order valence-electron chi connectivity index (χ0n) is 8.19. The Bertz CT molecular complexity index is 265. The lowest BCUT2D eigenvalue weighted by Gasteiger charge is -2.14. The molecule has 4 heteroatoms. The lowest BCUT2D eigenvalue weighted by molar-refractivity contribution is 0.812. The largest absolute Gasteiger partial charge is 0.248 e. The highest BCUT2D eigenvalue weighted by molar-refractivity contribution is 14.1. The molecule has 0 unspecified atom stereocenters. The minimum absolute atomic E-state index is 0.155. The van der Waals surface area contributed by atoms with Gasteiger partial charge in [0, 0.05) is 11.1 Å². The van der Waals surface area contributed by atoms with Crippen LogP contribution in [0.4, 0.5) is 0 Å². The van der Waals surface area contributed by atoms with E-state index in [4.69, 9.17) is 0 Å². The fourth-order valence-corrected chi connectivity index (χ4v) is 2.67. The van der Waals surface area contributed by atoms with Crippen LogP contribution in [0, 0.1) is 0 Å². The Morgan fingerprint density at radius 3 is 1.92 bits per heavy atom. The molecule has 0 bridgehead atoms. The minimum Gasteiger partial charge on any atom is -0.248 e. The molecule has 13 heavy (non-hydrogen) atoms. The van der Waals surface area contributed by atoms with Gasteiger partial charge in [0.05, 0.1) is 6.84 Å². The third-order valence-electron chi connectivity index (χ3n) is 1.60. The van der Waals surface area contributed by atoms with Crippen LogP contribution in [-0.4, -0.2) is 4.98 Å². The maximum absolute atomic E-state index is 4.46. The standard InChI is InChI=1S/C9H13I2NS/c1-8(2,10)6-5-12-7(13-6)9(3,4)11/h5H,1-4H3. The topological polar surface area (TPSA) is 12.9 Å². The number of nitrogens with zero attached hydrogens (tertiary/aromatic N) is 1. The zero-order valence-corrected chi connectivity index (χ0v) is 13.3. The molecule has 0 aliphatic rings. The van der Waals surface area contributed by atoms with Crippen LogP contribution in [-0.2, 0) is 6.84 Å². The van der Waals surface area contributed by atoms with Gasteiger partial charge in [-0.05, 0) is 27.7 Å². The van der Waals surface area contributed by atoms with Gasteiger partial charge in [0.15, 0.2) is 0 Å². The van der Waals surface area contributed by atoms with E-state index >= 15 is 0 Å². The molecular weight excluding hydrogens is 408 g/mol. The number of hydrogen-bond acceptors (Lipinski definition) is 2. The zero-order chi connectivity index (χ0) is 10.3. The Labute approximate surface area is 111 Å². The van der Waals surface area contributed by atoms with Gasteiger partial charge in [-0.15, -0.1) is 11.3 Å². The Morgan fingerprint density at radius 1 is 1.15 bits per heavy atom. The summed E-state index contributed by atoms with van der Waals surface area (Å²) in [6.07, 6.45) is 2.01.